The third kappa shape index (κ3) is 6.21. The van der Waals surface area contributed by atoms with E-state index >= 15 is 0 Å². The lowest BCUT2D eigenvalue weighted by Crippen LogP contribution is -2.39. The van der Waals surface area contributed by atoms with Crippen LogP contribution in [0.4, 0.5) is 11.4 Å². The molecule has 0 aliphatic carbocycles. The highest BCUT2D eigenvalue weighted by atomic mass is 16.5. The summed E-state index contributed by atoms with van der Waals surface area (Å²) in [5.74, 6) is 0.791. The molecule has 2 heterocycles. The highest BCUT2D eigenvalue weighted by Crippen LogP contribution is 2.38. The summed E-state index contributed by atoms with van der Waals surface area (Å²) in [6, 6.07) is 11.7. The van der Waals surface area contributed by atoms with E-state index < -0.39 is 5.91 Å². The lowest BCUT2D eigenvalue weighted by Gasteiger charge is -2.29. The fraction of sp³-hybridized carbons (Fsp3) is 0.407. The SMILES string of the molecule is COc1cc2c(Nc3ccccc3C)c(CC(N)=O)cnc2cc1OCCCN1CCCC(O)C1. The fourth-order valence-electron chi connectivity index (χ4n) is 4.54. The Balaban J connectivity index is 1.58. The zero-order valence-corrected chi connectivity index (χ0v) is 20.4. The van der Waals surface area contributed by atoms with E-state index in [2.05, 4.69) is 15.2 Å². The normalized spacial score (nSPS) is 16.3. The number of carbonyl (C=O) groups excluding carboxylic acids is 1. The highest BCUT2D eigenvalue weighted by molar-refractivity contribution is 5.98. The van der Waals surface area contributed by atoms with Crippen LogP contribution in [0.2, 0.25) is 0 Å². The minimum atomic E-state index is -0.424. The van der Waals surface area contributed by atoms with Crippen molar-refractivity contribution in [2.45, 2.75) is 38.7 Å². The number of nitrogens with two attached hydrogens (primary N) is 1. The van der Waals surface area contributed by atoms with Crippen LogP contribution in [-0.2, 0) is 11.2 Å². The lowest BCUT2D eigenvalue weighted by atomic mass is 10.0. The largest absolute Gasteiger partial charge is 0.493 e. The van der Waals surface area contributed by atoms with Gasteiger partial charge < -0.3 is 30.5 Å². The van der Waals surface area contributed by atoms with Crippen LogP contribution in [0, 0.1) is 6.92 Å². The van der Waals surface area contributed by atoms with Gasteiger partial charge in [0.2, 0.25) is 5.91 Å². The van der Waals surface area contributed by atoms with E-state index in [9.17, 15) is 9.90 Å². The maximum Gasteiger partial charge on any atom is 0.221 e. The van der Waals surface area contributed by atoms with Gasteiger partial charge in [-0.25, -0.2) is 0 Å². The molecule has 35 heavy (non-hydrogen) atoms. The Bertz CT molecular complexity index is 1180. The van der Waals surface area contributed by atoms with E-state index in [0.717, 1.165) is 66.7 Å². The van der Waals surface area contributed by atoms with Crippen LogP contribution in [0.1, 0.15) is 30.4 Å². The van der Waals surface area contributed by atoms with Gasteiger partial charge >= 0.3 is 0 Å². The number of likely N-dealkylation sites (tertiary alicyclic amines) is 1. The molecule has 186 valence electrons. The average molecular weight is 479 g/mol. The summed E-state index contributed by atoms with van der Waals surface area (Å²) in [5, 5.41) is 14.2. The Kier molecular flexibility index (Phi) is 8.05. The number of aromatic nitrogens is 1. The van der Waals surface area contributed by atoms with E-state index in [1.807, 2.05) is 43.3 Å². The number of para-hydroxylation sites is 1. The average Bonchev–Trinajstić information content (AvgIpc) is 2.84. The number of piperidine rings is 1. The number of rotatable bonds is 10. The predicted molar refractivity (Wildman–Crippen MR) is 137 cm³/mol. The van der Waals surface area contributed by atoms with Gasteiger partial charge in [-0.2, -0.15) is 0 Å². The molecule has 0 radical (unpaired) electrons. The summed E-state index contributed by atoms with van der Waals surface area (Å²) >= 11 is 0. The van der Waals surface area contributed by atoms with Crippen LogP contribution in [0.5, 0.6) is 11.5 Å². The summed E-state index contributed by atoms with van der Waals surface area (Å²) in [6.07, 6.45) is 4.30. The molecule has 1 aromatic heterocycles. The molecule has 4 N–H and O–H groups in total. The van der Waals surface area contributed by atoms with Crippen molar-refractivity contribution in [2.24, 2.45) is 5.73 Å². The van der Waals surface area contributed by atoms with Crippen LogP contribution >= 0.6 is 0 Å². The number of nitrogens with zero attached hydrogens (tertiary/aromatic N) is 2. The number of aliphatic hydroxyl groups excluding tert-OH is 1. The molecule has 1 aliphatic rings. The molecular weight excluding hydrogens is 444 g/mol. The number of fused-ring (bicyclic) bond motifs is 1. The number of pyridine rings is 1. The molecule has 1 amide bonds. The van der Waals surface area contributed by atoms with Gasteiger partial charge in [0.25, 0.3) is 0 Å². The molecule has 1 aliphatic heterocycles. The first-order valence-corrected chi connectivity index (χ1v) is 12.1. The molecule has 1 saturated heterocycles. The van der Waals surface area contributed by atoms with Gasteiger partial charge in [0.1, 0.15) is 0 Å². The molecule has 0 spiro atoms. The van der Waals surface area contributed by atoms with Gasteiger partial charge in [-0.15, -0.1) is 0 Å². The maximum absolute atomic E-state index is 11.7. The minimum Gasteiger partial charge on any atom is -0.493 e. The van der Waals surface area contributed by atoms with Crippen molar-refractivity contribution in [3.8, 4) is 11.5 Å². The smallest absolute Gasteiger partial charge is 0.221 e. The minimum absolute atomic E-state index is 0.0723. The number of benzene rings is 2. The number of ether oxygens (including phenoxy) is 2. The first kappa shape index (κ1) is 24.8. The first-order chi connectivity index (χ1) is 16.9. The molecule has 2 aromatic carbocycles. The number of hydrogen-bond acceptors (Lipinski definition) is 7. The molecule has 1 atom stereocenters. The maximum atomic E-state index is 11.7. The second-order valence-corrected chi connectivity index (χ2v) is 9.06. The van der Waals surface area contributed by atoms with Crippen molar-refractivity contribution in [3.05, 3.63) is 53.7 Å². The predicted octanol–water partition coefficient (Wildman–Crippen LogP) is 3.55. The van der Waals surface area contributed by atoms with E-state index in [1.165, 1.54) is 0 Å². The molecule has 8 heteroatoms. The number of hydrogen-bond donors (Lipinski definition) is 3. The fourth-order valence-corrected chi connectivity index (χ4v) is 4.54. The zero-order chi connectivity index (χ0) is 24.8. The molecule has 0 saturated carbocycles. The monoisotopic (exact) mass is 478 g/mol. The summed E-state index contributed by atoms with van der Waals surface area (Å²) in [4.78, 5) is 18.6. The second kappa shape index (κ2) is 11.4. The molecule has 1 fully saturated rings. The molecule has 3 aromatic rings. The van der Waals surface area contributed by atoms with Crippen LogP contribution < -0.4 is 20.5 Å². The number of primary amides is 1. The number of β-amino-alcohol motifs (C(OH)–C–C–N with tert-alkyl or cyclic N) is 1. The number of amides is 1. The summed E-state index contributed by atoms with van der Waals surface area (Å²) in [7, 11) is 1.61. The lowest BCUT2D eigenvalue weighted by molar-refractivity contribution is -0.117. The van der Waals surface area contributed by atoms with Gasteiger partial charge in [-0.3, -0.25) is 9.78 Å². The van der Waals surface area contributed by atoms with Gasteiger partial charge in [0.15, 0.2) is 11.5 Å². The van der Waals surface area contributed by atoms with Crippen LogP contribution in [0.15, 0.2) is 42.6 Å². The molecule has 1 unspecified atom stereocenters. The van der Waals surface area contributed by atoms with Gasteiger partial charge in [0, 0.05) is 42.0 Å². The Morgan fingerprint density at radius 2 is 2.11 bits per heavy atom. The third-order valence-electron chi connectivity index (χ3n) is 6.36. The van der Waals surface area contributed by atoms with Crippen molar-refractivity contribution in [2.75, 3.05) is 38.7 Å². The van der Waals surface area contributed by atoms with E-state index in [-0.39, 0.29) is 12.5 Å². The Morgan fingerprint density at radius 1 is 1.29 bits per heavy atom. The highest BCUT2D eigenvalue weighted by Gasteiger charge is 2.18. The van der Waals surface area contributed by atoms with Crippen LogP contribution in [0.25, 0.3) is 10.9 Å². The zero-order valence-electron chi connectivity index (χ0n) is 20.4. The molecule has 0 bridgehead atoms. The van der Waals surface area contributed by atoms with Crippen molar-refractivity contribution in [1.29, 1.82) is 0 Å². The standard InChI is InChI=1S/C27H34N4O4/c1-18-7-3-4-9-22(18)30-27-19(13-26(28)33)16-29-23-15-25(24(34-2)14-21(23)27)35-12-6-11-31-10-5-8-20(32)17-31/h3-4,7,9,14-16,20,32H,5-6,8,10-13,17H2,1-2H3,(H2,28,33)(H,29,30). The molecular formula is C27H34N4O4. The van der Waals surface area contributed by atoms with Crippen molar-refractivity contribution in [3.63, 3.8) is 0 Å². The number of anilines is 2. The molecule has 8 nitrogen and oxygen atoms in total. The summed E-state index contributed by atoms with van der Waals surface area (Å²) in [5.41, 5.74) is 9.75. The number of carbonyl (C=O) groups is 1. The number of aliphatic hydroxyl groups is 1. The van der Waals surface area contributed by atoms with Crippen molar-refractivity contribution < 1.29 is 19.4 Å². The van der Waals surface area contributed by atoms with E-state index in [1.54, 1.807) is 13.3 Å². The van der Waals surface area contributed by atoms with Crippen LogP contribution in [0.3, 0.4) is 0 Å². The van der Waals surface area contributed by atoms with E-state index in [4.69, 9.17) is 15.2 Å². The van der Waals surface area contributed by atoms with Gasteiger partial charge in [-0.1, -0.05) is 18.2 Å². The first-order valence-electron chi connectivity index (χ1n) is 12.1. The second-order valence-electron chi connectivity index (χ2n) is 9.06. The topological polar surface area (TPSA) is 110 Å². The number of aryl methyl sites for hydroxylation is 1. The Morgan fingerprint density at radius 3 is 2.86 bits per heavy atom. The number of methoxy groups -OCH3 is 1. The van der Waals surface area contributed by atoms with Crippen molar-refractivity contribution >= 4 is 28.2 Å². The van der Waals surface area contributed by atoms with E-state index in [0.29, 0.717) is 23.7 Å². The van der Waals surface area contributed by atoms with Gasteiger partial charge in [0.05, 0.1) is 37.4 Å². The summed E-state index contributed by atoms with van der Waals surface area (Å²) < 4.78 is 11.7. The number of nitrogens with one attached hydrogen (secondary N) is 1. The Labute approximate surface area is 206 Å². The Hall–Kier alpha value is -3.36. The third-order valence-corrected chi connectivity index (χ3v) is 6.36. The molecule has 4 rings (SSSR count). The summed E-state index contributed by atoms with van der Waals surface area (Å²) in [6.45, 7) is 5.18. The van der Waals surface area contributed by atoms with Gasteiger partial charge in [-0.05, 0) is 50.4 Å². The van der Waals surface area contributed by atoms with Crippen molar-refractivity contribution in [1.82, 2.24) is 9.88 Å². The van der Waals surface area contributed by atoms with Crippen LogP contribution in [-0.4, -0.2) is 60.4 Å². The quantitative estimate of drug-likeness (QED) is 0.382.